The molecular formula is C44H74Br2. The molecule has 0 saturated heterocycles. The first kappa shape index (κ1) is 43.4. The van der Waals surface area contributed by atoms with Gasteiger partial charge in [0.1, 0.15) is 0 Å². The van der Waals surface area contributed by atoms with Crippen molar-refractivity contribution in [3.05, 3.63) is 70.8 Å². The number of benzene rings is 2. The maximum atomic E-state index is 3.96. The van der Waals surface area contributed by atoms with E-state index in [9.17, 15) is 0 Å². The van der Waals surface area contributed by atoms with Gasteiger partial charge in [0.2, 0.25) is 0 Å². The first-order valence-corrected chi connectivity index (χ1v) is 21.9. The van der Waals surface area contributed by atoms with E-state index in [0.717, 1.165) is 0 Å². The van der Waals surface area contributed by atoms with E-state index in [4.69, 9.17) is 0 Å². The van der Waals surface area contributed by atoms with Gasteiger partial charge in [-0.1, -0.05) is 237 Å². The van der Waals surface area contributed by atoms with Gasteiger partial charge >= 0.3 is 0 Å². The van der Waals surface area contributed by atoms with Gasteiger partial charge in [-0.05, 0) is 60.8 Å². The average molecular weight is 763 g/mol. The zero-order valence-electron chi connectivity index (χ0n) is 30.9. The Morgan fingerprint density at radius 1 is 0.370 bits per heavy atom. The molecule has 0 fully saturated rings. The summed E-state index contributed by atoms with van der Waals surface area (Å²) in [6.45, 7) is 9.14. The highest BCUT2D eigenvalue weighted by Crippen LogP contribution is 2.38. The normalized spacial score (nSPS) is 12.5. The molecule has 2 unspecified atom stereocenters. The fourth-order valence-electron chi connectivity index (χ4n) is 6.48. The highest BCUT2D eigenvalue weighted by atomic mass is 79.9. The first-order valence-electron chi connectivity index (χ1n) is 20.0. The van der Waals surface area contributed by atoms with E-state index in [-0.39, 0.29) is 0 Å². The Bertz CT molecular complexity index is 848. The summed E-state index contributed by atoms with van der Waals surface area (Å²) in [7, 11) is 0. The molecule has 0 N–H and O–H groups in total. The molecule has 2 rings (SSSR count). The fourth-order valence-corrected chi connectivity index (χ4v) is 7.96. The van der Waals surface area contributed by atoms with Gasteiger partial charge in [-0.15, -0.1) is 0 Å². The summed E-state index contributed by atoms with van der Waals surface area (Å²) in [6, 6.07) is 18.2. The quantitative estimate of drug-likeness (QED) is 0.0598. The van der Waals surface area contributed by atoms with Gasteiger partial charge in [0.15, 0.2) is 0 Å². The van der Waals surface area contributed by atoms with E-state index in [1.54, 1.807) is 11.1 Å². The van der Waals surface area contributed by atoms with Crippen LogP contribution >= 0.6 is 31.9 Å². The number of unbranched alkanes of at least 4 members (excludes halogenated alkanes) is 18. The van der Waals surface area contributed by atoms with Crippen LogP contribution in [0.25, 0.3) is 0 Å². The predicted molar refractivity (Wildman–Crippen MR) is 217 cm³/mol. The van der Waals surface area contributed by atoms with E-state index >= 15 is 0 Å². The Hall–Kier alpha value is -0.600. The Balaban J connectivity index is 0.000000462. The molecule has 0 aliphatic rings. The van der Waals surface area contributed by atoms with Gasteiger partial charge in [0.25, 0.3) is 0 Å². The number of alkyl halides is 2. The summed E-state index contributed by atoms with van der Waals surface area (Å²) >= 11 is 7.91. The molecule has 2 aromatic rings. The number of halogens is 2. The monoisotopic (exact) mass is 760 g/mol. The fraction of sp³-hybridized carbons (Fsp3) is 0.727. The predicted octanol–water partition coefficient (Wildman–Crippen LogP) is 16.8. The molecule has 0 heterocycles. The van der Waals surface area contributed by atoms with Crippen LogP contribution in [0.5, 0.6) is 0 Å². The third-order valence-corrected chi connectivity index (χ3v) is 11.4. The van der Waals surface area contributed by atoms with Gasteiger partial charge in [0.05, 0.1) is 0 Å². The van der Waals surface area contributed by atoms with E-state index in [2.05, 4.69) is 108 Å². The van der Waals surface area contributed by atoms with Gasteiger partial charge in [-0.2, -0.15) is 0 Å². The lowest BCUT2D eigenvalue weighted by atomic mass is 9.96. The summed E-state index contributed by atoms with van der Waals surface area (Å²) in [4.78, 5) is 0.992. The molecule has 0 saturated carbocycles. The topological polar surface area (TPSA) is 0 Å². The van der Waals surface area contributed by atoms with Crippen molar-refractivity contribution < 1.29 is 0 Å². The van der Waals surface area contributed by atoms with E-state index in [1.807, 2.05) is 0 Å². The zero-order valence-corrected chi connectivity index (χ0v) is 34.1. The van der Waals surface area contributed by atoms with Crippen molar-refractivity contribution >= 4 is 31.9 Å². The van der Waals surface area contributed by atoms with Gasteiger partial charge < -0.3 is 0 Å². The first-order chi connectivity index (χ1) is 22.6. The average Bonchev–Trinajstić information content (AvgIpc) is 3.08. The van der Waals surface area contributed by atoms with Gasteiger partial charge in [0, 0.05) is 9.65 Å². The molecule has 0 aliphatic heterocycles. The highest BCUT2D eigenvalue weighted by molar-refractivity contribution is 9.09. The smallest absolute Gasteiger partial charge is 0.0398 e. The maximum Gasteiger partial charge on any atom is 0.0398 e. The van der Waals surface area contributed by atoms with Crippen molar-refractivity contribution in [2.45, 2.75) is 204 Å². The minimum atomic E-state index is 0.496. The van der Waals surface area contributed by atoms with Crippen LogP contribution in [0.1, 0.15) is 214 Å². The molecule has 0 aromatic heterocycles. The summed E-state index contributed by atoms with van der Waals surface area (Å²) < 4.78 is 0. The number of hydrogen-bond donors (Lipinski definition) is 0. The minimum Gasteiger partial charge on any atom is -0.0839 e. The van der Waals surface area contributed by atoms with E-state index in [1.165, 1.54) is 178 Å². The molecule has 0 amide bonds. The van der Waals surface area contributed by atoms with Crippen LogP contribution in [0.4, 0.5) is 0 Å². The van der Waals surface area contributed by atoms with E-state index < -0.39 is 0 Å². The van der Waals surface area contributed by atoms with Crippen molar-refractivity contribution in [3.63, 3.8) is 0 Å². The van der Waals surface area contributed by atoms with Crippen LogP contribution < -0.4 is 0 Å². The molecular weight excluding hydrogens is 688 g/mol. The van der Waals surface area contributed by atoms with Crippen LogP contribution in [0.15, 0.2) is 48.5 Å². The lowest BCUT2D eigenvalue weighted by molar-refractivity contribution is 0.597. The molecule has 2 atom stereocenters. The Morgan fingerprint density at radius 3 is 1.00 bits per heavy atom. The van der Waals surface area contributed by atoms with Crippen molar-refractivity contribution in [1.82, 2.24) is 0 Å². The van der Waals surface area contributed by atoms with Crippen molar-refractivity contribution in [1.29, 1.82) is 0 Å². The Morgan fingerprint density at radius 2 is 0.652 bits per heavy atom. The zero-order chi connectivity index (χ0) is 33.5. The minimum absolute atomic E-state index is 0.496. The molecule has 46 heavy (non-hydrogen) atoms. The molecule has 2 aromatic carbocycles. The highest BCUT2D eigenvalue weighted by Gasteiger charge is 2.17. The molecule has 0 bridgehead atoms. The Labute approximate surface area is 305 Å². The number of aryl methyl sites for hydroxylation is 2. The molecule has 0 aliphatic carbocycles. The molecule has 0 nitrogen and oxygen atoms in total. The third-order valence-electron chi connectivity index (χ3n) is 9.51. The van der Waals surface area contributed by atoms with Crippen LogP contribution in [-0.4, -0.2) is 0 Å². The van der Waals surface area contributed by atoms with Crippen molar-refractivity contribution in [2.24, 2.45) is 0 Å². The lowest BCUT2D eigenvalue weighted by Crippen LogP contribution is -2.00. The van der Waals surface area contributed by atoms with Crippen LogP contribution in [0.2, 0.25) is 0 Å². The second-order valence-corrected chi connectivity index (χ2v) is 16.0. The molecule has 264 valence electrons. The molecule has 0 spiro atoms. The lowest BCUT2D eigenvalue weighted by Gasteiger charge is -2.19. The third kappa shape index (κ3) is 22.1. The van der Waals surface area contributed by atoms with E-state index in [0.29, 0.717) is 9.65 Å². The number of hydrogen-bond acceptors (Lipinski definition) is 0. The molecule has 0 radical (unpaired) electrons. The summed E-state index contributed by atoms with van der Waals surface area (Å²) in [5.41, 5.74) is 6.21. The second kappa shape index (κ2) is 31.7. The second-order valence-electron chi connectivity index (χ2n) is 13.8. The van der Waals surface area contributed by atoms with Crippen LogP contribution in [-0.2, 0) is 12.8 Å². The van der Waals surface area contributed by atoms with Gasteiger partial charge in [-0.3, -0.25) is 0 Å². The van der Waals surface area contributed by atoms with Crippen molar-refractivity contribution in [2.75, 3.05) is 0 Å². The number of rotatable bonds is 28. The summed E-state index contributed by atoms with van der Waals surface area (Å²) in [5.74, 6) is 0. The largest absolute Gasteiger partial charge is 0.0839 e. The standard InChI is InChI=1S/C22H36Br2.C22H38/c1-3-5-7-9-11-17-21(23)19-15-13-14-16-20(19)22(24)18-12-10-8-6-4-2;1-3-5-7-9-11-13-17-21-19-15-16-20-22(21)18-14-12-10-8-6-4-2/h13-16,21-22H,3-12,17-18H2,1-2H3;15-16,19-20H,3-14,17-18H2,1-2H3. The SMILES string of the molecule is CCCCCCCC(Br)c1ccccc1C(Br)CCCCCCC.CCCCCCCCc1ccccc1CCCCCCCC. The maximum absolute atomic E-state index is 3.96. The van der Waals surface area contributed by atoms with Gasteiger partial charge in [-0.25, -0.2) is 0 Å². The molecule has 2 heteroatoms. The summed E-state index contributed by atoms with van der Waals surface area (Å²) in [6.07, 6.45) is 35.4. The Kier molecular flexibility index (Phi) is 29.9. The summed E-state index contributed by atoms with van der Waals surface area (Å²) in [5, 5.41) is 0. The van der Waals surface area contributed by atoms with Crippen molar-refractivity contribution in [3.8, 4) is 0 Å². The van der Waals surface area contributed by atoms with Crippen LogP contribution in [0.3, 0.4) is 0 Å². The van der Waals surface area contributed by atoms with Crippen LogP contribution in [0, 0.1) is 0 Å².